The lowest BCUT2D eigenvalue weighted by Gasteiger charge is -2.16. The van der Waals surface area contributed by atoms with Crippen LogP contribution in [0.2, 0.25) is 0 Å². The Morgan fingerprint density at radius 1 is 1.43 bits per heavy atom. The van der Waals surface area contributed by atoms with Crippen LogP contribution in [0.3, 0.4) is 0 Å². The third kappa shape index (κ3) is 3.66. The fourth-order valence-corrected chi connectivity index (χ4v) is 2.06. The first-order valence-electron chi connectivity index (χ1n) is 6.68. The molecule has 0 saturated carbocycles. The lowest BCUT2D eigenvalue weighted by Crippen LogP contribution is -2.26. The molecule has 2 rings (SSSR count). The van der Waals surface area contributed by atoms with Crippen molar-refractivity contribution in [3.63, 3.8) is 0 Å². The number of anilines is 1. The average molecular weight is 302 g/mol. The molecule has 0 fully saturated rings. The normalized spacial score (nSPS) is 10.4. The maximum Gasteiger partial charge on any atom is 0.269 e. The Kier molecular flexibility index (Phi) is 4.70. The zero-order chi connectivity index (χ0) is 15.4. The molecule has 0 bridgehead atoms. The Morgan fingerprint density at radius 3 is 2.81 bits per heavy atom. The highest BCUT2D eigenvalue weighted by molar-refractivity contribution is 7.80. The number of nitrogens with two attached hydrogens (primary N) is 1. The van der Waals surface area contributed by atoms with Gasteiger partial charge in [0.25, 0.3) is 5.56 Å². The molecule has 2 aromatic rings. The van der Waals surface area contributed by atoms with Crippen LogP contribution in [0.25, 0.3) is 0 Å². The summed E-state index contributed by atoms with van der Waals surface area (Å²) in [5.41, 5.74) is 8.03. The molecule has 0 aliphatic rings. The molecule has 2 N–H and O–H groups in total. The third-order valence-corrected chi connectivity index (χ3v) is 3.55. The summed E-state index contributed by atoms with van der Waals surface area (Å²) in [4.78, 5) is 14.4. The van der Waals surface area contributed by atoms with Crippen LogP contribution < -0.4 is 16.2 Å². The molecule has 0 unspecified atom stereocenters. The molecular formula is C15H18N4OS. The van der Waals surface area contributed by atoms with Gasteiger partial charge < -0.3 is 10.6 Å². The molecule has 0 radical (unpaired) electrons. The number of hydrogen-bond donors (Lipinski definition) is 1. The lowest BCUT2D eigenvalue weighted by atomic mass is 10.1. The SMILES string of the molecule is CCN(C)c1cnn(Cc2cccc(C(N)=S)c2)c(=O)c1. The van der Waals surface area contributed by atoms with Crippen molar-refractivity contribution in [3.8, 4) is 0 Å². The van der Waals surface area contributed by atoms with E-state index in [1.54, 1.807) is 12.3 Å². The van der Waals surface area contributed by atoms with E-state index in [2.05, 4.69) is 5.10 Å². The molecule has 0 spiro atoms. The summed E-state index contributed by atoms with van der Waals surface area (Å²) in [5, 5.41) is 4.22. The van der Waals surface area contributed by atoms with Crippen LogP contribution in [-0.2, 0) is 6.54 Å². The highest BCUT2D eigenvalue weighted by Crippen LogP contribution is 2.08. The summed E-state index contributed by atoms with van der Waals surface area (Å²) in [5.74, 6) is 0. The van der Waals surface area contributed by atoms with Crippen molar-refractivity contribution < 1.29 is 0 Å². The Hall–Kier alpha value is -2.21. The first-order valence-corrected chi connectivity index (χ1v) is 7.09. The smallest absolute Gasteiger partial charge is 0.269 e. The van der Waals surface area contributed by atoms with Crippen molar-refractivity contribution in [1.82, 2.24) is 9.78 Å². The molecule has 0 aliphatic heterocycles. The van der Waals surface area contributed by atoms with E-state index in [4.69, 9.17) is 18.0 Å². The molecule has 0 saturated heterocycles. The van der Waals surface area contributed by atoms with Gasteiger partial charge in [-0.2, -0.15) is 5.10 Å². The monoisotopic (exact) mass is 302 g/mol. The zero-order valence-corrected chi connectivity index (χ0v) is 12.9. The third-order valence-electron chi connectivity index (χ3n) is 3.31. The van der Waals surface area contributed by atoms with Gasteiger partial charge in [0.1, 0.15) is 4.99 Å². The second-order valence-electron chi connectivity index (χ2n) is 4.79. The highest BCUT2D eigenvalue weighted by atomic mass is 32.1. The lowest BCUT2D eigenvalue weighted by molar-refractivity contribution is 0.637. The molecule has 6 heteroatoms. The van der Waals surface area contributed by atoms with Gasteiger partial charge in [-0.05, 0) is 18.6 Å². The molecule has 0 aliphatic carbocycles. The van der Waals surface area contributed by atoms with E-state index in [9.17, 15) is 4.79 Å². The van der Waals surface area contributed by atoms with Gasteiger partial charge in [-0.1, -0.05) is 30.4 Å². The second kappa shape index (κ2) is 6.49. The molecule has 0 amide bonds. The number of thiocarbonyl (C=S) groups is 1. The van der Waals surface area contributed by atoms with Crippen LogP contribution in [0.1, 0.15) is 18.1 Å². The quantitative estimate of drug-likeness (QED) is 0.845. The largest absolute Gasteiger partial charge is 0.389 e. The van der Waals surface area contributed by atoms with Gasteiger partial charge in [0.2, 0.25) is 0 Å². The molecule has 1 aromatic carbocycles. The van der Waals surface area contributed by atoms with Crippen LogP contribution in [-0.4, -0.2) is 28.4 Å². The predicted molar refractivity (Wildman–Crippen MR) is 88.9 cm³/mol. The van der Waals surface area contributed by atoms with E-state index in [0.29, 0.717) is 11.5 Å². The topological polar surface area (TPSA) is 64.2 Å². The molecular weight excluding hydrogens is 284 g/mol. The Bertz CT molecular complexity index is 711. The number of hydrogen-bond acceptors (Lipinski definition) is 4. The van der Waals surface area contributed by atoms with Crippen molar-refractivity contribution in [2.45, 2.75) is 13.5 Å². The summed E-state index contributed by atoms with van der Waals surface area (Å²) in [6.45, 7) is 3.24. The standard InChI is InChI=1S/C15H18N4OS/c1-3-18(2)13-8-14(20)19(17-9-13)10-11-5-4-6-12(7-11)15(16)21/h4-9H,3,10H2,1-2H3,(H2,16,21). The van der Waals surface area contributed by atoms with Crippen molar-refractivity contribution in [2.24, 2.45) is 5.73 Å². The summed E-state index contributed by atoms with van der Waals surface area (Å²) in [6.07, 6.45) is 1.70. The minimum atomic E-state index is -0.131. The number of rotatable bonds is 5. The van der Waals surface area contributed by atoms with E-state index >= 15 is 0 Å². The highest BCUT2D eigenvalue weighted by Gasteiger charge is 2.05. The van der Waals surface area contributed by atoms with E-state index in [0.717, 1.165) is 23.4 Å². The predicted octanol–water partition coefficient (Wildman–Crippen LogP) is 1.38. The minimum absolute atomic E-state index is 0.131. The van der Waals surface area contributed by atoms with Gasteiger partial charge in [-0.3, -0.25) is 4.79 Å². The second-order valence-corrected chi connectivity index (χ2v) is 5.23. The van der Waals surface area contributed by atoms with Crippen LogP contribution in [0.4, 0.5) is 5.69 Å². The maximum atomic E-state index is 12.1. The van der Waals surface area contributed by atoms with Gasteiger partial charge in [0.05, 0.1) is 18.4 Å². The van der Waals surface area contributed by atoms with Crippen molar-refractivity contribution in [3.05, 3.63) is 58.0 Å². The molecule has 5 nitrogen and oxygen atoms in total. The fraction of sp³-hybridized carbons (Fsp3) is 0.267. The summed E-state index contributed by atoms with van der Waals surface area (Å²) in [7, 11) is 1.92. The van der Waals surface area contributed by atoms with E-state index in [1.165, 1.54) is 4.68 Å². The Balaban J connectivity index is 2.26. The summed E-state index contributed by atoms with van der Waals surface area (Å²) in [6, 6.07) is 9.11. The van der Waals surface area contributed by atoms with Crippen LogP contribution in [0.15, 0.2) is 41.3 Å². The van der Waals surface area contributed by atoms with Crippen LogP contribution in [0, 0.1) is 0 Å². The first-order chi connectivity index (χ1) is 10.0. The van der Waals surface area contributed by atoms with E-state index < -0.39 is 0 Å². The number of nitrogens with zero attached hydrogens (tertiary/aromatic N) is 3. The molecule has 21 heavy (non-hydrogen) atoms. The van der Waals surface area contributed by atoms with Crippen molar-refractivity contribution >= 4 is 22.9 Å². The van der Waals surface area contributed by atoms with Gasteiger partial charge in [0.15, 0.2) is 0 Å². The van der Waals surface area contributed by atoms with E-state index in [1.807, 2.05) is 43.1 Å². The summed E-state index contributed by atoms with van der Waals surface area (Å²) >= 11 is 4.96. The van der Waals surface area contributed by atoms with Gasteiger partial charge >= 0.3 is 0 Å². The first kappa shape index (κ1) is 15.2. The Morgan fingerprint density at radius 2 is 2.19 bits per heavy atom. The van der Waals surface area contributed by atoms with Crippen LogP contribution in [0.5, 0.6) is 0 Å². The van der Waals surface area contributed by atoms with Crippen molar-refractivity contribution in [2.75, 3.05) is 18.5 Å². The average Bonchev–Trinajstić information content (AvgIpc) is 2.48. The Labute approximate surface area is 129 Å². The molecule has 0 atom stereocenters. The maximum absolute atomic E-state index is 12.1. The van der Waals surface area contributed by atoms with Gasteiger partial charge in [-0.15, -0.1) is 0 Å². The van der Waals surface area contributed by atoms with Gasteiger partial charge in [-0.25, -0.2) is 4.68 Å². The number of benzene rings is 1. The molecule has 110 valence electrons. The molecule has 1 aromatic heterocycles. The minimum Gasteiger partial charge on any atom is -0.389 e. The van der Waals surface area contributed by atoms with E-state index in [-0.39, 0.29) is 5.56 Å². The fourth-order valence-electron chi connectivity index (χ4n) is 1.93. The van der Waals surface area contributed by atoms with Crippen molar-refractivity contribution in [1.29, 1.82) is 0 Å². The van der Waals surface area contributed by atoms with Gasteiger partial charge in [0, 0.05) is 25.2 Å². The number of aromatic nitrogens is 2. The summed E-state index contributed by atoms with van der Waals surface area (Å²) < 4.78 is 1.42. The zero-order valence-electron chi connectivity index (χ0n) is 12.1. The van der Waals surface area contributed by atoms with Crippen LogP contribution >= 0.6 is 12.2 Å². The molecule has 1 heterocycles.